The van der Waals surface area contributed by atoms with Crippen molar-refractivity contribution >= 4 is 28.0 Å². The summed E-state index contributed by atoms with van der Waals surface area (Å²) in [5, 5.41) is 3.17. The van der Waals surface area contributed by atoms with Crippen molar-refractivity contribution in [3.63, 3.8) is 0 Å². The third-order valence-electron chi connectivity index (χ3n) is 4.29. The Bertz CT molecular complexity index is 1070. The van der Waals surface area contributed by atoms with Crippen molar-refractivity contribution in [1.82, 2.24) is 4.57 Å². The van der Waals surface area contributed by atoms with Gasteiger partial charge in [0.05, 0.1) is 25.1 Å². The highest BCUT2D eigenvalue weighted by Gasteiger charge is 2.13. The second-order valence-electron chi connectivity index (χ2n) is 6.01. The van der Waals surface area contributed by atoms with Gasteiger partial charge in [0, 0.05) is 24.4 Å². The van der Waals surface area contributed by atoms with Gasteiger partial charge in [0.1, 0.15) is 11.3 Å². The molecule has 0 fully saturated rings. The van der Waals surface area contributed by atoms with Crippen molar-refractivity contribution in [1.29, 1.82) is 0 Å². The van der Waals surface area contributed by atoms with E-state index in [2.05, 4.69) is 22.1 Å². The third kappa shape index (κ3) is 3.67. The number of hydrogen-bond acceptors (Lipinski definition) is 5. The first-order valence-corrected chi connectivity index (χ1v) is 9.51. The van der Waals surface area contributed by atoms with Crippen LogP contribution in [0.25, 0.3) is 22.4 Å². The summed E-state index contributed by atoms with van der Waals surface area (Å²) in [5.41, 5.74) is 2.76. The number of aromatic nitrogens is 1. The molecule has 0 bridgehead atoms. The first-order valence-electron chi connectivity index (χ1n) is 8.63. The van der Waals surface area contributed by atoms with E-state index in [1.165, 1.54) is 0 Å². The van der Waals surface area contributed by atoms with E-state index in [0.29, 0.717) is 13.2 Å². The van der Waals surface area contributed by atoms with Crippen molar-refractivity contribution in [2.75, 3.05) is 20.8 Å². The summed E-state index contributed by atoms with van der Waals surface area (Å²) in [7, 11) is 3.36. The van der Waals surface area contributed by atoms with Gasteiger partial charge in [-0.15, -0.1) is 11.3 Å². The molecule has 0 amide bonds. The van der Waals surface area contributed by atoms with Crippen LogP contribution in [0, 0.1) is 0 Å². The van der Waals surface area contributed by atoms with Crippen LogP contribution in [0.2, 0.25) is 0 Å². The molecule has 2 heterocycles. The van der Waals surface area contributed by atoms with Crippen molar-refractivity contribution in [2.24, 2.45) is 4.99 Å². The van der Waals surface area contributed by atoms with Crippen LogP contribution in [0.3, 0.4) is 0 Å². The van der Waals surface area contributed by atoms with Crippen LogP contribution in [0.15, 0.2) is 69.4 Å². The molecule has 2 aromatic carbocycles. The molecule has 4 aromatic rings. The number of nitrogens with zero attached hydrogens (tertiary/aromatic N) is 2. The van der Waals surface area contributed by atoms with Crippen molar-refractivity contribution in [3.8, 4) is 17.2 Å². The highest BCUT2D eigenvalue weighted by molar-refractivity contribution is 7.07. The molecule has 138 valence electrons. The first kappa shape index (κ1) is 17.6. The lowest BCUT2D eigenvalue weighted by molar-refractivity contribution is 0.187. The zero-order valence-corrected chi connectivity index (χ0v) is 16.0. The van der Waals surface area contributed by atoms with Crippen LogP contribution < -0.4 is 9.54 Å². The van der Waals surface area contributed by atoms with Crippen molar-refractivity contribution in [3.05, 3.63) is 64.8 Å². The summed E-state index contributed by atoms with van der Waals surface area (Å²) in [6, 6.07) is 17.8. The number of fused-ring (bicyclic) bond motifs is 1. The molecule has 2 aromatic heterocycles. The van der Waals surface area contributed by atoms with E-state index < -0.39 is 0 Å². The summed E-state index contributed by atoms with van der Waals surface area (Å²) in [6.45, 7) is 1.29. The summed E-state index contributed by atoms with van der Waals surface area (Å²) >= 11 is 1.59. The smallest absolute Gasteiger partial charge is 0.190 e. The minimum absolute atomic E-state index is 0.597. The van der Waals surface area contributed by atoms with Crippen LogP contribution in [-0.4, -0.2) is 25.4 Å². The van der Waals surface area contributed by atoms with E-state index in [0.717, 1.165) is 38.7 Å². The Hall–Kier alpha value is -2.83. The molecule has 0 spiro atoms. The van der Waals surface area contributed by atoms with Gasteiger partial charge in [0.15, 0.2) is 10.6 Å². The van der Waals surface area contributed by atoms with E-state index in [-0.39, 0.29) is 0 Å². The lowest BCUT2D eigenvalue weighted by Crippen LogP contribution is -2.18. The molecule has 0 saturated carbocycles. The van der Waals surface area contributed by atoms with Gasteiger partial charge in [-0.05, 0) is 36.4 Å². The lowest BCUT2D eigenvalue weighted by Gasteiger charge is -2.06. The third-order valence-corrected chi connectivity index (χ3v) is 5.16. The largest absolute Gasteiger partial charge is 0.497 e. The first-order chi connectivity index (χ1) is 13.3. The van der Waals surface area contributed by atoms with Crippen molar-refractivity contribution in [2.45, 2.75) is 6.54 Å². The maximum atomic E-state index is 6.06. The van der Waals surface area contributed by atoms with Gasteiger partial charge in [-0.1, -0.05) is 18.2 Å². The van der Waals surface area contributed by atoms with E-state index in [1.807, 2.05) is 42.5 Å². The Morgan fingerprint density at radius 1 is 1.07 bits per heavy atom. The average molecular weight is 380 g/mol. The molecule has 0 saturated heterocycles. The number of para-hydroxylation sites is 1. The number of furan rings is 1. The molecular weight excluding hydrogens is 360 g/mol. The van der Waals surface area contributed by atoms with Gasteiger partial charge >= 0.3 is 0 Å². The average Bonchev–Trinajstić information content (AvgIpc) is 3.30. The van der Waals surface area contributed by atoms with Gasteiger partial charge in [0.2, 0.25) is 0 Å². The zero-order valence-electron chi connectivity index (χ0n) is 15.2. The number of hydrogen-bond donors (Lipinski definition) is 0. The Balaban J connectivity index is 1.79. The summed E-state index contributed by atoms with van der Waals surface area (Å²) in [5.74, 6) is 1.65. The van der Waals surface area contributed by atoms with E-state index in [1.54, 1.807) is 25.6 Å². The quantitative estimate of drug-likeness (QED) is 0.480. The number of ether oxygens (including phenoxy) is 2. The molecule has 5 nitrogen and oxygen atoms in total. The highest BCUT2D eigenvalue weighted by Crippen LogP contribution is 2.28. The Morgan fingerprint density at radius 2 is 1.89 bits per heavy atom. The second-order valence-corrected chi connectivity index (χ2v) is 6.84. The lowest BCUT2D eigenvalue weighted by atomic mass is 10.2. The number of methoxy groups -OCH3 is 2. The zero-order chi connectivity index (χ0) is 18.6. The van der Waals surface area contributed by atoms with Crippen LogP contribution in [-0.2, 0) is 11.3 Å². The molecular formula is C21H20N2O3S. The van der Waals surface area contributed by atoms with Crippen LogP contribution in [0.1, 0.15) is 0 Å². The fraction of sp³-hybridized carbons (Fsp3) is 0.190. The van der Waals surface area contributed by atoms with E-state index in [4.69, 9.17) is 18.9 Å². The van der Waals surface area contributed by atoms with E-state index >= 15 is 0 Å². The Morgan fingerprint density at radius 3 is 2.63 bits per heavy atom. The highest BCUT2D eigenvalue weighted by atomic mass is 32.1. The standard InChI is InChI=1S/C21H20N2O3S/c1-24-12-11-23-18(20-13-15-5-3-4-6-19(15)26-20)14-27-21(23)22-16-7-9-17(25-2)10-8-16/h3-10,13-14H,11-12H2,1-2H3. The fourth-order valence-electron chi connectivity index (χ4n) is 2.89. The predicted molar refractivity (Wildman–Crippen MR) is 108 cm³/mol. The fourth-order valence-corrected chi connectivity index (χ4v) is 3.83. The predicted octanol–water partition coefficient (Wildman–Crippen LogP) is 4.85. The molecule has 0 aliphatic carbocycles. The van der Waals surface area contributed by atoms with Gasteiger partial charge in [-0.3, -0.25) is 0 Å². The van der Waals surface area contributed by atoms with E-state index in [9.17, 15) is 0 Å². The summed E-state index contributed by atoms with van der Waals surface area (Å²) in [4.78, 5) is 5.69. The summed E-state index contributed by atoms with van der Waals surface area (Å²) in [6.07, 6.45) is 0. The SMILES string of the molecule is COCCn1c(-c2cc3ccccc3o2)csc1=Nc1ccc(OC)cc1. The van der Waals surface area contributed by atoms with Crippen LogP contribution in [0.4, 0.5) is 5.69 Å². The molecule has 6 heteroatoms. The molecule has 0 atom stereocenters. The number of benzene rings is 2. The van der Waals surface area contributed by atoms with Crippen molar-refractivity contribution < 1.29 is 13.9 Å². The van der Waals surface area contributed by atoms with Gasteiger partial charge < -0.3 is 18.5 Å². The maximum absolute atomic E-state index is 6.06. The minimum atomic E-state index is 0.597. The maximum Gasteiger partial charge on any atom is 0.190 e. The summed E-state index contributed by atoms with van der Waals surface area (Å²) < 4.78 is 18.7. The molecule has 0 N–H and O–H groups in total. The monoisotopic (exact) mass is 380 g/mol. The second kappa shape index (κ2) is 7.82. The van der Waals surface area contributed by atoms with Gasteiger partial charge in [0.25, 0.3) is 0 Å². The topological polar surface area (TPSA) is 48.9 Å². The normalized spacial score (nSPS) is 12.0. The molecule has 4 rings (SSSR count). The van der Waals surface area contributed by atoms with Crippen LogP contribution in [0.5, 0.6) is 5.75 Å². The van der Waals surface area contributed by atoms with Gasteiger partial charge in [-0.25, -0.2) is 4.99 Å². The molecule has 27 heavy (non-hydrogen) atoms. The van der Waals surface area contributed by atoms with Gasteiger partial charge in [-0.2, -0.15) is 0 Å². The molecule has 0 radical (unpaired) electrons. The number of thiazole rings is 1. The molecule has 0 unspecified atom stereocenters. The van der Waals surface area contributed by atoms with Crippen LogP contribution >= 0.6 is 11.3 Å². The molecule has 0 aliphatic heterocycles. The Kier molecular flexibility index (Phi) is 5.09. The number of rotatable bonds is 6. The molecule has 0 aliphatic rings. The Labute approximate surface area is 161 Å². The minimum Gasteiger partial charge on any atom is -0.497 e.